The number of carbonyl (C=O) groups excluding carboxylic acids is 1. The van der Waals surface area contributed by atoms with Crippen LogP contribution in [-0.2, 0) is 22.5 Å². The molecule has 5 heterocycles. The fraction of sp³-hybridized carbons (Fsp3) is 0.400. The number of morpholine rings is 1. The van der Waals surface area contributed by atoms with Gasteiger partial charge >= 0.3 is 0 Å². The Kier molecular flexibility index (Phi) is 6.18. The number of thiophene rings is 1. The van der Waals surface area contributed by atoms with Crippen molar-refractivity contribution >= 4 is 50.6 Å². The number of carbonyl (C=O) groups is 1. The minimum absolute atomic E-state index is 0.0368. The molecule has 0 saturated carbocycles. The van der Waals surface area contributed by atoms with Crippen LogP contribution in [0.1, 0.15) is 23.3 Å². The van der Waals surface area contributed by atoms with Crippen LogP contribution in [0.25, 0.3) is 10.2 Å². The standard InChI is InChI=1S/C25H25ClFN5O2S/c26-19-10-15(3-6-20(19)27)30-24-23-18-7-9-32(13-21(18)35-25(23)29-14-28-24)22(33)2-1-8-31-11-16-4-5-17(12-31)34-16/h1-3,6,10,14,16-17H,4-5,7-9,11-13H2,(H,28,29,30)/b2-1+. The van der Waals surface area contributed by atoms with Crippen LogP contribution >= 0.6 is 22.9 Å². The zero-order chi connectivity index (χ0) is 23.9. The Morgan fingerprint density at radius 1 is 1.29 bits per heavy atom. The lowest BCUT2D eigenvalue weighted by Gasteiger charge is -2.31. The number of ether oxygens (including phenoxy) is 1. The topological polar surface area (TPSA) is 70.6 Å². The highest BCUT2D eigenvalue weighted by Gasteiger charge is 2.33. The van der Waals surface area contributed by atoms with Crippen molar-refractivity contribution in [3.05, 3.63) is 58.0 Å². The van der Waals surface area contributed by atoms with Crippen molar-refractivity contribution < 1.29 is 13.9 Å². The molecule has 2 unspecified atom stereocenters. The summed E-state index contributed by atoms with van der Waals surface area (Å²) < 4.78 is 19.4. The van der Waals surface area contributed by atoms with Crippen molar-refractivity contribution in [2.24, 2.45) is 0 Å². The molecule has 2 bridgehead atoms. The van der Waals surface area contributed by atoms with Gasteiger partial charge in [0, 0.05) is 42.8 Å². The molecular weight excluding hydrogens is 489 g/mol. The number of aromatic nitrogens is 2. The molecular formula is C25H25ClFN5O2S. The second-order valence-electron chi connectivity index (χ2n) is 9.25. The number of halogens is 2. The van der Waals surface area contributed by atoms with E-state index in [1.807, 2.05) is 11.0 Å². The average Bonchev–Trinajstić information content (AvgIpc) is 3.40. The molecule has 2 atom stereocenters. The summed E-state index contributed by atoms with van der Waals surface area (Å²) in [7, 11) is 0. The average molecular weight is 514 g/mol. The van der Waals surface area contributed by atoms with Crippen LogP contribution in [0, 0.1) is 5.82 Å². The molecule has 3 aliphatic rings. The first kappa shape index (κ1) is 22.8. The molecule has 7 nitrogen and oxygen atoms in total. The minimum atomic E-state index is -0.464. The van der Waals surface area contributed by atoms with Gasteiger partial charge in [-0.25, -0.2) is 14.4 Å². The predicted octanol–water partition coefficient (Wildman–Crippen LogP) is 4.53. The van der Waals surface area contributed by atoms with E-state index in [1.54, 1.807) is 23.5 Å². The number of likely N-dealkylation sites (tertiary alicyclic amines) is 1. The van der Waals surface area contributed by atoms with Gasteiger partial charge in [0.2, 0.25) is 5.91 Å². The Morgan fingerprint density at radius 2 is 2.11 bits per heavy atom. The van der Waals surface area contributed by atoms with Gasteiger partial charge in [-0.2, -0.15) is 0 Å². The van der Waals surface area contributed by atoms with E-state index in [4.69, 9.17) is 16.3 Å². The van der Waals surface area contributed by atoms with Crippen LogP contribution < -0.4 is 5.32 Å². The molecule has 3 aliphatic heterocycles. The summed E-state index contributed by atoms with van der Waals surface area (Å²) in [6, 6.07) is 4.49. The molecule has 3 aromatic rings. The van der Waals surface area contributed by atoms with Gasteiger partial charge in [0.05, 0.1) is 29.2 Å². The van der Waals surface area contributed by atoms with Crippen LogP contribution in [0.2, 0.25) is 5.02 Å². The zero-order valence-corrected chi connectivity index (χ0v) is 20.6. The van der Waals surface area contributed by atoms with E-state index < -0.39 is 5.82 Å². The predicted molar refractivity (Wildman–Crippen MR) is 135 cm³/mol. The number of fused-ring (bicyclic) bond motifs is 5. The van der Waals surface area contributed by atoms with E-state index in [9.17, 15) is 9.18 Å². The van der Waals surface area contributed by atoms with Crippen molar-refractivity contribution in [1.82, 2.24) is 19.8 Å². The highest BCUT2D eigenvalue weighted by molar-refractivity contribution is 7.19. The van der Waals surface area contributed by atoms with Crippen molar-refractivity contribution in [2.75, 3.05) is 31.5 Å². The Morgan fingerprint density at radius 3 is 2.91 bits per heavy atom. The second-order valence-corrected chi connectivity index (χ2v) is 10.7. The Hall–Kier alpha value is -2.59. The van der Waals surface area contributed by atoms with Crippen molar-refractivity contribution in [3.63, 3.8) is 0 Å². The SMILES string of the molecule is O=C(/C=C/CN1CC2CCC(C1)O2)N1CCc2c(sc3ncnc(Nc4ccc(F)c(Cl)c4)c23)C1. The maximum atomic E-state index is 13.5. The van der Waals surface area contributed by atoms with Crippen LogP contribution in [0.4, 0.5) is 15.9 Å². The molecule has 1 amide bonds. The van der Waals surface area contributed by atoms with Gasteiger partial charge in [0.15, 0.2) is 0 Å². The first-order valence-electron chi connectivity index (χ1n) is 11.8. The number of hydrogen-bond acceptors (Lipinski definition) is 7. The van der Waals surface area contributed by atoms with Crippen molar-refractivity contribution in [3.8, 4) is 0 Å². The third-order valence-corrected chi connectivity index (χ3v) is 8.29. The molecule has 2 saturated heterocycles. The van der Waals surface area contributed by atoms with Gasteiger partial charge in [-0.15, -0.1) is 11.3 Å². The summed E-state index contributed by atoms with van der Waals surface area (Å²) in [5, 5.41) is 4.26. The van der Waals surface area contributed by atoms with Gasteiger partial charge < -0.3 is 15.0 Å². The molecule has 2 fully saturated rings. The van der Waals surface area contributed by atoms with Crippen molar-refractivity contribution in [2.45, 2.75) is 38.0 Å². The first-order valence-corrected chi connectivity index (χ1v) is 13.0. The summed E-state index contributed by atoms with van der Waals surface area (Å²) in [5.41, 5.74) is 1.82. The molecule has 10 heteroatoms. The van der Waals surface area contributed by atoms with Crippen LogP contribution in [-0.4, -0.2) is 64.1 Å². The highest BCUT2D eigenvalue weighted by Crippen LogP contribution is 2.38. The minimum Gasteiger partial charge on any atom is -0.372 e. The second kappa shape index (κ2) is 9.46. The molecule has 35 heavy (non-hydrogen) atoms. The number of hydrogen-bond donors (Lipinski definition) is 1. The Bertz CT molecular complexity index is 1300. The monoisotopic (exact) mass is 513 g/mol. The van der Waals surface area contributed by atoms with E-state index in [0.717, 1.165) is 59.6 Å². The van der Waals surface area contributed by atoms with E-state index in [2.05, 4.69) is 20.2 Å². The lowest BCUT2D eigenvalue weighted by molar-refractivity contribution is -0.126. The largest absolute Gasteiger partial charge is 0.372 e. The van der Waals surface area contributed by atoms with Crippen LogP contribution in [0.3, 0.4) is 0 Å². The quantitative estimate of drug-likeness (QED) is 0.505. The molecule has 2 aromatic heterocycles. The maximum absolute atomic E-state index is 13.5. The van der Waals surface area contributed by atoms with E-state index in [1.165, 1.54) is 18.5 Å². The lowest BCUT2D eigenvalue weighted by Crippen LogP contribution is -2.42. The molecule has 1 N–H and O–H groups in total. The number of nitrogens with zero attached hydrogens (tertiary/aromatic N) is 4. The summed E-state index contributed by atoms with van der Waals surface area (Å²) in [6.07, 6.45) is 8.94. The van der Waals surface area contributed by atoms with Gasteiger partial charge in [0.25, 0.3) is 0 Å². The smallest absolute Gasteiger partial charge is 0.246 e. The number of nitrogens with one attached hydrogen (secondary N) is 1. The summed E-state index contributed by atoms with van der Waals surface area (Å²) in [5.74, 6) is 0.234. The normalized spacial score (nSPS) is 22.2. The summed E-state index contributed by atoms with van der Waals surface area (Å²) >= 11 is 7.52. The van der Waals surface area contributed by atoms with Gasteiger partial charge in [-0.05, 0) is 43.0 Å². The van der Waals surface area contributed by atoms with Crippen molar-refractivity contribution in [1.29, 1.82) is 0 Å². The third kappa shape index (κ3) is 4.65. The summed E-state index contributed by atoms with van der Waals surface area (Å²) in [6.45, 7) is 3.88. The molecule has 6 rings (SSSR count). The molecule has 182 valence electrons. The van der Waals surface area contributed by atoms with E-state index in [-0.39, 0.29) is 10.9 Å². The number of amides is 1. The zero-order valence-electron chi connectivity index (χ0n) is 19.0. The lowest BCUT2D eigenvalue weighted by atomic mass is 10.0. The number of benzene rings is 1. The molecule has 0 aliphatic carbocycles. The van der Waals surface area contributed by atoms with Crippen LogP contribution in [0.15, 0.2) is 36.7 Å². The number of anilines is 2. The molecule has 1 aromatic carbocycles. The summed E-state index contributed by atoms with van der Waals surface area (Å²) in [4.78, 5) is 28.0. The Balaban J connectivity index is 1.15. The third-order valence-electron chi connectivity index (χ3n) is 6.87. The van der Waals surface area contributed by atoms with E-state index >= 15 is 0 Å². The Labute approximate surface area is 211 Å². The molecule has 0 spiro atoms. The number of rotatable bonds is 5. The fourth-order valence-electron chi connectivity index (χ4n) is 5.18. The first-order chi connectivity index (χ1) is 17.0. The molecule has 0 radical (unpaired) electrons. The van der Waals surface area contributed by atoms with Gasteiger partial charge in [-0.1, -0.05) is 17.7 Å². The van der Waals surface area contributed by atoms with Gasteiger partial charge in [0.1, 0.15) is 22.8 Å². The van der Waals surface area contributed by atoms with E-state index in [0.29, 0.717) is 36.8 Å². The maximum Gasteiger partial charge on any atom is 0.246 e. The fourth-order valence-corrected chi connectivity index (χ4v) is 6.56. The highest BCUT2D eigenvalue weighted by atomic mass is 35.5. The van der Waals surface area contributed by atoms with Crippen LogP contribution in [0.5, 0.6) is 0 Å². The van der Waals surface area contributed by atoms with Gasteiger partial charge in [-0.3, -0.25) is 9.69 Å².